The van der Waals surface area contributed by atoms with Crippen LogP contribution in [0, 0.1) is 39.9 Å². The SMILES string of the molecule is COC(=O)c1cnn2c1C[C@]1(C(C)=O)[C@@H](C[C@H]3[C@@H]4CCC5=CC(=O)CC[C@]5(C)[C@H]4CC[C@@]31C)C2. The number of fused-ring (bicyclic) bond motifs is 8. The summed E-state index contributed by atoms with van der Waals surface area (Å²) in [7, 11) is 1.40. The van der Waals surface area contributed by atoms with Crippen molar-refractivity contribution in [3.05, 3.63) is 29.1 Å². The van der Waals surface area contributed by atoms with Crippen LogP contribution >= 0.6 is 0 Å². The first-order valence-corrected chi connectivity index (χ1v) is 13.0. The van der Waals surface area contributed by atoms with Gasteiger partial charge in [0.05, 0.1) is 19.0 Å². The van der Waals surface area contributed by atoms with Gasteiger partial charge >= 0.3 is 5.97 Å². The molecular formula is C28H36N2O4. The summed E-state index contributed by atoms with van der Waals surface area (Å²) in [5.41, 5.74) is 2.34. The van der Waals surface area contributed by atoms with Crippen LogP contribution in [0.25, 0.3) is 0 Å². The quantitative estimate of drug-likeness (QED) is 0.600. The van der Waals surface area contributed by atoms with Crippen molar-refractivity contribution in [1.29, 1.82) is 0 Å². The van der Waals surface area contributed by atoms with E-state index < -0.39 is 5.41 Å². The Morgan fingerprint density at radius 2 is 1.94 bits per heavy atom. The molecule has 0 aromatic carbocycles. The zero-order chi connectivity index (χ0) is 24.0. The molecule has 6 rings (SSSR count). The van der Waals surface area contributed by atoms with Crippen LogP contribution in [0.4, 0.5) is 0 Å². The summed E-state index contributed by atoms with van der Waals surface area (Å²) in [5.74, 6) is 2.11. The molecule has 4 aliphatic carbocycles. The van der Waals surface area contributed by atoms with E-state index in [4.69, 9.17) is 4.74 Å². The van der Waals surface area contributed by atoms with Gasteiger partial charge in [0.15, 0.2) is 5.78 Å². The van der Waals surface area contributed by atoms with E-state index in [1.807, 2.05) is 10.8 Å². The number of carbonyl (C=O) groups excluding carboxylic acids is 3. The second-order valence-corrected chi connectivity index (χ2v) is 12.2. The lowest BCUT2D eigenvalue weighted by atomic mass is 9.44. The average Bonchev–Trinajstić information content (AvgIpc) is 3.33. The summed E-state index contributed by atoms with van der Waals surface area (Å²) in [6, 6.07) is 0. The van der Waals surface area contributed by atoms with Gasteiger partial charge in [-0.25, -0.2) is 4.79 Å². The van der Waals surface area contributed by atoms with E-state index in [-0.39, 0.29) is 28.5 Å². The first kappa shape index (κ1) is 22.2. The predicted molar refractivity (Wildman–Crippen MR) is 126 cm³/mol. The van der Waals surface area contributed by atoms with Crippen molar-refractivity contribution in [3.63, 3.8) is 0 Å². The Morgan fingerprint density at radius 1 is 1.15 bits per heavy atom. The third-order valence-corrected chi connectivity index (χ3v) is 11.4. The molecule has 0 bridgehead atoms. The van der Waals surface area contributed by atoms with Gasteiger partial charge in [0.25, 0.3) is 0 Å². The van der Waals surface area contributed by atoms with Crippen LogP contribution in [0.1, 0.15) is 81.8 Å². The topological polar surface area (TPSA) is 78.3 Å². The number of aromatic nitrogens is 2. The summed E-state index contributed by atoms with van der Waals surface area (Å²) in [6.45, 7) is 7.28. The van der Waals surface area contributed by atoms with Crippen LogP contribution in [0.2, 0.25) is 0 Å². The molecule has 7 atom stereocenters. The number of hydrogen-bond acceptors (Lipinski definition) is 5. The van der Waals surface area contributed by atoms with Crippen LogP contribution in [-0.4, -0.2) is 34.4 Å². The van der Waals surface area contributed by atoms with Gasteiger partial charge in [-0.05, 0) is 86.0 Å². The van der Waals surface area contributed by atoms with Crippen molar-refractivity contribution in [2.45, 2.75) is 78.7 Å². The highest BCUT2D eigenvalue weighted by molar-refractivity contribution is 5.92. The lowest BCUT2D eigenvalue weighted by molar-refractivity contribution is -0.146. The Morgan fingerprint density at radius 3 is 2.68 bits per heavy atom. The van der Waals surface area contributed by atoms with Crippen molar-refractivity contribution < 1.29 is 19.1 Å². The Hall–Kier alpha value is -2.24. The number of hydrogen-bond donors (Lipinski definition) is 0. The largest absolute Gasteiger partial charge is 0.465 e. The second kappa shape index (κ2) is 7.14. The number of Topliss-reactive ketones (excluding diaryl/α,β-unsaturated/α-hetero) is 1. The normalized spacial score (nSPS) is 42.5. The van der Waals surface area contributed by atoms with Gasteiger partial charge in [-0.1, -0.05) is 19.4 Å². The fourth-order valence-corrected chi connectivity index (χ4v) is 9.74. The predicted octanol–water partition coefficient (Wildman–Crippen LogP) is 4.56. The molecular weight excluding hydrogens is 428 g/mol. The minimum absolute atomic E-state index is 0.0877. The maximum atomic E-state index is 13.6. The van der Waals surface area contributed by atoms with E-state index in [9.17, 15) is 14.4 Å². The molecule has 182 valence electrons. The van der Waals surface area contributed by atoms with E-state index >= 15 is 0 Å². The molecule has 0 amide bonds. The Bertz CT molecular complexity index is 1130. The number of carbonyl (C=O) groups is 3. The van der Waals surface area contributed by atoms with Gasteiger partial charge in [-0.3, -0.25) is 14.3 Å². The first-order chi connectivity index (χ1) is 16.2. The minimum Gasteiger partial charge on any atom is -0.465 e. The number of allylic oxidation sites excluding steroid dienone is 1. The number of esters is 1. The maximum Gasteiger partial charge on any atom is 0.341 e. The van der Waals surface area contributed by atoms with Crippen LogP contribution < -0.4 is 0 Å². The van der Waals surface area contributed by atoms with E-state index in [2.05, 4.69) is 18.9 Å². The van der Waals surface area contributed by atoms with Crippen molar-refractivity contribution in [1.82, 2.24) is 9.78 Å². The molecule has 3 fully saturated rings. The Kier molecular flexibility index (Phi) is 4.67. The van der Waals surface area contributed by atoms with Gasteiger partial charge in [0, 0.05) is 24.8 Å². The van der Waals surface area contributed by atoms with Gasteiger partial charge in [-0.15, -0.1) is 0 Å². The Labute approximate surface area is 201 Å². The Balaban J connectivity index is 1.41. The molecule has 6 heteroatoms. The fourth-order valence-electron chi connectivity index (χ4n) is 9.74. The van der Waals surface area contributed by atoms with Crippen LogP contribution in [0.5, 0.6) is 0 Å². The molecule has 1 aromatic heterocycles. The van der Waals surface area contributed by atoms with Crippen molar-refractivity contribution in [2.24, 2.45) is 39.9 Å². The zero-order valence-corrected chi connectivity index (χ0v) is 20.9. The number of ketones is 2. The fraction of sp³-hybridized carbons (Fsp3) is 0.714. The average molecular weight is 465 g/mol. The third-order valence-electron chi connectivity index (χ3n) is 11.4. The molecule has 0 radical (unpaired) electrons. The summed E-state index contributed by atoms with van der Waals surface area (Å²) >= 11 is 0. The van der Waals surface area contributed by atoms with E-state index in [1.165, 1.54) is 12.7 Å². The van der Waals surface area contributed by atoms with Gasteiger partial charge < -0.3 is 4.74 Å². The highest BCUT2D eigenvalue weighted by atomic mass is 16.5. The number of ether oxygens (including phenoxy) is 1. The molecule has 0 saturated heterocycles. The lowest BCUT2D eigenvalue weighted by Crippen LogP contribution is -2.57. The van der Waals surface area contributed by atoms with Gasteiger partial charge in [-0.2, -0.15) is 5.10 Å². The molecule has 3 saturated carbocycles. The molecule has 5 aliphatic rings. The smallest absolute Gasteiger partial charge is 0.341 e. The summed E-state index contributed by atoms with van der Waals surface area (Å²) in [6.07, 6.45) is 11.2. The summed E-state index contributed by atoms with van der Waals surface area (Å²) < 4.78 is 6.99. The summed E-state index contributed by atoms with van der Waals surface area (Å²) in [4.78, 5) is 38.3. The molecule has 6 nitrogen and oxygen atoms in total. The first-order valence-electron chi connectivity index (χ1n) is 13.0. The van der Waals surface area contributed by atoms with Gasteiger partial charge in [0.1, 0.15) is 11.3 Å². The van der Waals surface area contributed by atoms with Gasteiger partial charge in [0.2, 0.25) is 0 Å². The number of nitrogens with zero attached hydrogens (tertiary/aromatic N) is 2. The minimum atomic E-state index is -0.457. The van der Waals surface area contributed by atoms with E-state index in [0.717, 1.165) is 44.2 Å². The molecule has 0 N–H and O–H groups in total. The van der Waals surface area contributed by atoms with E-state index in [0.29, 0.717) is 48.5 Å². The van der Waals surface area contributed by atoms with Crippen molar-refractivity contribution in [3.8, 4) is 0 Å². The van der Waals surface area contributed by atoms with Crippen molar-refractivity contribution in [2.75, 3.05) is 7.11 Å². The lowest BCUT2D eigenvalue weighted by Gasteiger charge is -2.60. The molecule has 0 spiro atoms. The third kappa shape index (κ3) is 2.58. The molecule has 2 heterocycles. The monoisotopic (exact) mass is 464 g/mol. The molecule has 1 aromatic rings. The maximum absolute atomic E-state index is 13.6. The molecule has 34 heavy (non-hydrogen) atoms. The second-order valence-electron chi connectivity index (χ2n) is 12.2. The number of rotatable bonds is 2. The zero-order valence-electron chi connectivity index (χ0n) is 20.9. The number of methoxy groups -OCH3 is 1. The standard InChI is InChI=1S/C28H36N2O4/c1-16(31)28-13-24-21(25(33)34-4)14-29-30(24)15-18(28)12-23-20-6-5-17-11-19(32)7-9-26(17,2)22(20)8-10-27(23,28)3/h11,14,18,20,22-23H,5-10,12-13,15H2,1-4H3/t18-,20+,22-,23-,26-,27-,28-/m0/s1. The highest BCUT2D eigenvalue weighted by Gasteiger charge is 2.70. The van der Waals surface area contributed by atoms with E-state index in [1.54, 1.807) is 13.1 Å². The van der Waals surface area contributed by atoms with Crippen molar-refractivity contribution >= 4 is 17.5 Å². The highest BCUT2D eigenvalue weighted by Crippen LogP contribution is 2.73. The van der Waals surface area contributed by atoms with Crippen LogP contribution in [-0.2, 0) is 27.3 Å². The molecule has 1 aliphatic heterocycles. The summed E-state index contributed by atoms with van der Waals surface area (Å²) in [5, 5.41) is 4.54. The van der Waals surface area contributed by atoms with Crippen LogP contribution in [0.3, 0.4) is 0 Å². The molecule has 0 unspecified atom stereocenters. The van der Waals surface area contributed by atoms with Crippen LogP contribution in [0.15, 0.2) is 17.8 Å².